The molecule has 0 spiro atoms. The van der Waals surface area contributed by atoms with Gasteiger partial charge in [-0.2, -0.15) is 0 Å². The topological polar surface area (TPSA) is 168 Å². The third-order valence-electron chi connectivity index (χ3n) is 7.02. The third kappa shape index (κ3) is 11.1. The minimum absolute atomic E-state index is 0. The van der Waals surface area contributed by atoms with E-state index in [0.717, 1.165) is 61.0 Å². The first-order chi connectivity index (χ1) is 19.9. The van der Waals surface area contributed by atoms with Crippen LogP contribution in [0.25, 0.3) is 0 Å². The average molecular weight is 691 g/mol. The largest absolute Gasteiger partial charge is 0.356 e. The van der Waals surface area contributed by atoms with Crippen molar-refractivity contribution in [1.82, 2.24) is 21.3 Å². The predicted molar refractivity (Wildman–Crippen MR) is 183 cm³/mol. The molecule has 10 N–H and O–H groups in total. The first-order valence-corrected chi connectivity index (χ1v) is 15.3. The molecule has 0 aromatic heterocycles. The smallest absolute Gasteiger partial charge is 0.199 e. The maximum Gasteiger partial charge on any atom is 0.199 e. The van der Waals surface area contributed by atoms with Gasteiger partial charge in [-0.15, -0.1) is 58.8 Å². The van der Waals surface area contributed by atoms with Crippen molar-refractivity contribution >= 4 is 94.0 Å². The van der Waals surface area contributed by atoms with Crippen LogP contribution in [0.1, 0.15) is 61.5 Å². The van der Waals surface area contributed by atoms with Crippen LogP contribution in [0, 0.1) is 21.6 Å². The normalized spacial score (nSPS) is 18.7. The number of rotatable bonds is 11. The fourth-order valence-corrected chi connectivity index (χ4v) is 5.59. The van der Waals surface area contributed by atoms with E-state index in [0.29, 0.717) is 13.1 Å². The van der Waals surface area contributed by atoms with Crippen LogP contribution in [0.4, 0.5) is 11.4 Å². The van der Waals surface area contributed by atoms with Crippen LogP contribution in [0.3, 0.4) is 0 Å². The quantitative estimate of drug-likeness (QED) is 0.0551. The van der Waals surface area contributed by atoms with Crippen molar-refractivity contribution < 1.29 is 0 Å². The molecule has 234 valence electrons. The van der Waals surface area contributed by atoms with Crippen molar-refractivity contribution in [3.63, 3.8) is 0 Å². The zero-order valence-electron chi connectivity index (χ0n) is 23.4. The molecule has 2 atom stereocenters. The van der Waals surface area contributed by atoms with E-state index in [1.165, 1.54) is 0 Å². The van der Waals surface area contributed by atoms with Crippen LogP contribution in [0.5, 0.6) is 0 Å². The second kappa shape index (κ2) is 15.4. The number of benzene rings is 2. The standard InChI is InChI=1S/C28H36Cl4N10.ClH/c29-27(30)15-21(27)17-5-9-19(10-6-17)39-25(35)41-23(33)37-13-3-1-2-4-14-38-24(34)42-26(36)40-20-11-7-18(8-12-20)22-16-28(22,31)32;/h5-12,21-22H,1-4,13-16H2,(H5,33,35,37,39,41)(H5,34,36,38,40,42);1H. The summed E-state index contributed by atoms with van der Waals surface area (Å²) in [5.74, 6) is 0.416. The number of hydrogen-bond donors (Lipinski definition) is 10. The highest BCUT2D eigenvalue weighted by atomic mass is 35.5. The summed E-state index contributed by atoms with van der Waals surface area (Å²) in [4.78, 5) is 0. The number of nitrogens with one attached hydrogen (secondary N) is 10. The van der Waals surface area contributed by atoms with Gasteiger partial charge in [0.25, 0.3) is 0 Å². The number of guanidine groups is 4. The summed E-state index contributed by atoms with van der Waals surface area (Å²) in [6.07, 6.45) is 5.15. The van der Waals surface area contributed by atoms with Crippen LogP contribution in [-0.4, -0.2) is 45.6 Å². The Hall–Kier alpha value is -2.63. The monoisotopic (exact) mass is 688 g/mol. The van der Waals surface area contributed by atoms with Gasteiger partial charge in [-0.1, -0.05) is 37.1 Å². The zero-order chi connectivity index (χ0) is 30.3. The van der Waals surface area contributed by atoms with Crippen LogP contribution in [0.15, 0.2) is 48.5 Å². The van der Waals surface area contributed by atoms with Crippen LogP contribution >= 0.6 is 58.8 Å². The van der Waals surface area contributed by atoms with Gasteiger partial charge in [-0.05, 0) is 61.1 Å². The maximum absolute atomic E-state index is 8.03. The zero-order valence-corrected chi connectivity index (χ0v) is 27.2. The molecule has 43 heavy (non-hydrogen) atoms. The number of hydrogen-bond acceptors (Lipinski definition) is 4. The van der Waals surface area contributed by atoms with Gasteiger partial charge in [0.1, 0.15) is 8.67 Å². The van der Waals surface area contributed by atoms with Gasteiger partial charge in [0.15, 0.2) is 23.8 Å². The molecule has 0 amide bonds. The number of unbranched alkanes of at least 4 members (excludes halogenated alkanes) is 3. The van der Waals surface area contributed by atoms with Gasteiger partial charge in [-0.3, -0.25) is 32.3 Å². The molecule has 0 bridgehead atoms. The highest BCUT2D eigenvalue weighted by Gasteiger charge is 2.53. The number of alkyl halides is 4. The molecule has 2 saturated carbocycles. The molecule has 15 heteroatoms. The Bertz CT molecular complexity index is 1180. The van der Waals surface area contributed by atoms with E-state index in [-0.39, 0.29) is 48.1 Å². The molecule has 2 aromatic rings. The van der Waals surface area contributed by atoms with Crippen LogP contribution in [0.2, 0.25) is 0 Å². The van der Waals surface area contributed by atoms with Gasteiger partial charge < -0.3 is 21.3 Å². The minimum Gasteiger partial charge on any atom is -0.356 e. The van der Waals surface area contributed by atoms with Crippen molar-refractivity contribution in [3.8, 4) is 0 Å². The molecule has 10 nitrogen and oxygen atoms in total. The van der Waals surface area contributed by atoms with Gasteiger partial charge in [-0.25, -0.2) is 0 Å². The van der Waals surface area contributed by atoms with E-state index in [1.54, 1.807) is 0 Å². The lowest BCUT2D eigenvalue weighted by Gasteiger charge is -2.14. The van der Waals surface area contributed by atoms with Gasteiger partial charge in [0.2, 0.25) is 0 Å². The van der Waals surface area contributed by atoms with E-state index in [2.05, 4.69) is 31.9 Å². The van der Waals surface area contributed by atoms with Crippen molar-refractivity contribution in [2.24, 2.45) is 0 Å². The van der Waals surface area contributed by atoms with Crippen molar-refractivity contribution in [3.05, 3.63) is 59.7 Å². The molecule has 0 heterocycles. The lowest BCUT2D eigenvalue weighted by Crippen LogP contribution is -2.43. The molecular weight excluding hydrogens is 654 g/mol. The Labute approximate surface area is 278 Å². The van der Waals surface area contributed by atoms with E-state index >= 15 is 0 Å². The Morgan fingerprint density at radius 3 is 1.21 bits per heavy atom. The highest BCUT2D eigenvalue weighted by molar-refractivity contribution is 6.51. The second-order valence-corrected chi connectivity index (χ2v) is 13.6. The minimum atomic E-state index is -0.665. The summed E-state index contributed by atoms with van der Waals surface area (Å²) in [7, 11) is 0. The third-order valence-corrected chi connectivity index (χ3v) is 8.69. The van der Waals surface area contributed by atoms with Gasteiger partial charge in [0.05, 0.1) is 0 Å². The van der Waals surface area contributed by atoms with E-state index in [1.807, 2.05) is 48.5 Å². The first-order valence-electron chi connectivity index (χ1n) is 13.8. The molecule has 0 saturated heterocycles. The molecule has 2 aliphatic rings. The molecular formula is C28H37Cl5N10. The highest BCUT2D eigenvalue weighted by Crippen LogP contribution is 2.60. The lowest BCUT2D eigenvalue weighted by molar-refractivity contribution is 0.619. The summed E-state index contributed by atoms with van der Waals surface area (Å²) in [5.41, 5.74) is 3.61. The first kappa shape index (κ1) is 34.9. The van der Waals surface area contributed by atoms with Gasteiger partial charge in [0, 0.05) is 36.3 Å². The summed E-state index contributed by atoms with van der Waals surface area (Å²) in [6, 6.07) is 15.2. The summed E-state index contributed by atoms with van der Waals surface area (Å²) in [5, 5.41) is 49.2. The van der Waals surface area contributed by atoms with Crippen LogP contribution < -0.4 is 31.9 Å². The fourth-order valence-electron chi connectivity index (χ4n) is 4.47. The Morgan fingerprint density at radius 1 is 0.581 bits per heavy atom. The predicted octanol–water partition coefficient (Wildman–Crippen LogP) is 6.61. The van der Waals surface area contributed by atoms with Crippen molar-refractivity contribution in [2.45, 2.75) is 59.0 Å². The van der Waals surface area contributed by atoms with Crippen LogP contribution in [-0.2, 0) is 0 Å². The van der Waals surface area contributed by atoms with E-state index in [4.69, 9.17) is 68.0 Å². The second-order valence-electron chi connectivity index (χ2n) is 10.5. The number of anilines is 2. The maximum atomic E-state index is 8.03. The molecule has 2 unspecified atom stereocenters. The van der Waals surface area contributed by atoms with Crippen molar-refractivity contribution in [1.29, 1.82) is 21.6 Å². The number of halogens is 5. The molecule has 4 rings (SSSR count). The Kier molecular flexibility index (Phi) is 12.5. The summed E-state index contributed by atoms with van der Waals surface area (Å²) in [6.45, 7) is 1.23. The molecule has 0 aliphatic heterocycles. The lowest BCUT2D eigenvalue weighted by atomic mass is 10.1. The Morgan fingerprint density at radius 2 is 0.907 bits per heavy atom. The Balaban J connectivity index is 0.00000506. The van der Waals surface area contributed by atoms with Gasteiger partial charge >= 0.3 is 0 Å². The van der Waals surface area contributed by atoms with Crippen molar-refractivity contribution in [2.75, 3.05) is 23.7 Å². The van der Waals surface area contributed by atoms with E-state index < -0.39 is 8.67 Å². The fraction of sp³-hybridized carbons (Fsp3) is 0.429. The molecule has 2 fully saturated rings. The molecule has 0 radical (unpaired) electrons. The summed E-state index contributed by atoms with van der Waals surface area (Å²) >= 11 is 24.5. The molecule has 2 aliphatic carbocycles. The molecule has 2 aromatic carbocycles. The summed E-state index contributed by atoms with van der Waals surface area (Å²) < 4.78 is -1.33. The van der Waals surface area contributed by atoms with E-state index in [9.17, 15) is 0 Å². The average Bonchev–Trinajstić information content (AvgIpc) is 3.78. The SMILES string of the molecule is Cl.N=C(NCCCCCCNC(=N)NC(=N)Nc1ccc(C2CC2(Cl)Cl)cc1)NC(=N)Nc1ccc(C2CC2(Cl)Cl)cc1.